The van der Waals surface area contributed by atoms with Gasteiger partial charge in [0.1, 0.15) is 5.82 Å². The Morgan fingerprint density at radius 2 is 2.06 bits per heavy atom. The molecule has 17 heavy (non-hydrogen) atoms. The minimum atomic E-state index is 0.908. The van der Waals surface area contributed by atoms with Crippen LogP contribution in [0.5, 0.6) is 0 Å². The molecule has 0 radical (unpaired) electrons. The maximum Gasteiger partial charge on any atom is 0.128 e. The highest BCUT2D eigenvalue weighted by Crippen LogP contribution is 2.13. The van der Waals surface area contributed by atoms with E-state index >= 15 is 0 Å². The fraction of sp³-hybridized carbons (Fsp3) is 0.231. The van der Waals surface area contributed by atoms with Crippen LogP contribution in [-0.2, 0) is 6.42 Å². The third kappa shape index (κ3) is 3.53. The molecule has 0 bridgehead atoms. The van der Waals surface area contributed by atoms with Crippen LogP contribution in [0.25, 0.3) is 0 Å². The Balaban J connectivity index is 1.93. The van der Waals surface area contributed by atoms with Gasteiger partial charge in [-0.3, -0.25) is 4.98 Å². The summed E-state index contributed by atoms with van der Waals surface area (Å²) in [5, 5.41) is 0. The van der Waals surface area contributed by atoms with Crippen molar-refractivity contribution in [3.63, 3.8) is 0 Å². The van der Waals surface area contributed by atoms with E-state index in [1.54, 1.807) is 0 Å². The van der Waals surface area contributed by atoms with Crippen LogP contribution in [0.2, 0.25) is 0 Å². The minimum absolute atomic E-state index is 0.908. The first kappa shape index (κ1) is 12.0. The van der Waals surface area contributed by atoms with Crippen LogP contribution in [0.1, 0.15) is 5.69 Å². The zero-order chi connectivity index (χ0) is 12.1. The summed E-state index contributed by atoms with van der Waals surface area (Å²) >= 11 is 3.38. The molecule has 3 nitrogen and oxygen atoms in total. The Bertz CT molecular complexity index is 456. The van der Waals surface area contributed by atoms with Crippen LogP contribution < -0.4 is 4.90 Å². The molecule has 0 aliphatic carbocycles. The molecule has 0 fully saturated rings. The van der Waals surface area contributed by atoms with Crippen molar-refractivity contribution in [1.82, 2.24) is 9.97 Å². The average molecular weight is 292 g/mol. The molecule has 2 aromatic rings. The van der Waals surface area contributed by atoms with Crippen LogP contribution in [0, 0.1) is 0 Å². The summed E-state index contributed by atoms with van der Waals surface area (Å²) < 4.78 is 0.999. The molecule has 0 atom stereocenters. The number of likely N-dealkylation sites (N-methyl/N-ethyl adjacent to an activating group) is 1. The molecule has 88 valence electrons. The Hall–Kier alpha value is -1.42. The lowest BCUT2D eigenvalue weighted by molar-refractivity contribution is 0.839. The second kappa shape index (κ2) is 5.77. The van der Waals surface area contributed by atoms with Gasteiger partial charge in [0.05, 0.1) is 0 Å². The van der Waals surface area contributed by atoms with Gasteiger partial charge in [-0.05, 0) is 40.2 Å². The summed E-state index contributed by atoms with van der Waals surface area (Å²) in [6.45, 7) is 0.908. The first-order chi connectivity index (χ1) is 8.25. The number of aromatic nitrogens is 2. The molecular weight excluding hydrogens is 278 g/mol. The van der Waals surface area contributed by atoms with Crippen LogP contribution in [0.4, 0.5) is 5.82 Å². The van der Waals surface area contributed by atoms with E-state index in [0.29, 0.717) is 0 Å². The summed E-state index contributed by atoms with van der Waals surface area (Å²) in [6, 6.07) is 9.99. The number of nitrogens with zero attached hydrogens (tertiary/aromatic N) is 3. The molecular formula is C13H14BrN3. The van der Waals surface area contributed by atoms with E-state index < -0.39 is 0 Å². The monoisotopic (exact) mass is 291 g/mol. The van der Waals surface area contributed by atoms with Crippen LogP contribution >= 0.6 is 15.9 Å². The van der Waals surface area contributed by atoms with Crippen molar-refractivity contribution in [3.8, 4) is 0 Å². The van der Waals surface area contributed by atoms with Gasteiger partial charge in [0, 0.05) is 42.6 Å². The Kier molecular flexibility index (Phi) is 4.09. The van der Waals surface area contributed by atoms with Gasteiger partial charge in [0.2, 0.25) is 0 Å². The topological polar surface area (TPSA) is 29.0 Å². The van der Waals surface area contributed by atoms with E-state index in [9.17, 15) is 0 Å². The minimum Gasteiger partial charge on any atom is -0.359 e. The number of rotatable bonds is 4. The fourth-order valence-electron chi connectivity index (χ4n) is 1.54. The van der Waals surface area contributed by atoms with E-state index in [1.165, 1.54) is 0 Å². The Morgan fingerprint density at radius 3 is 2.71 bits per heavy atom. The summed E-state index contributed by atoms with van der Waals surface area (Å²) in [5.74, 6) is 0.976. The molecule has 0 unspecified atom stereocenters. The predicted molar refractivity (Wildman–Crippen MR) is 73.1 cm³/mol. The number of hydrogen-bond acceptors (Lipinski definition) is 3. The molecule has 2 aromatic heterocycles. The van der Waals surface area contributed by atoms with Crippen LogP contribution in [0.15, 0.2) is 47.2 Å². The lowest BCUT2D eigenvalue weighted by Gasteiger charge is -2.17. The van der Waals surface area contributed by atoms with Crippen molar-refractivity contribution in [3.05, 3.63) is 52.9 Å². The molecule has 2 rings (SSSR count). The molecule has 2 heterocycles. The van der Waals surface area contributed by atoms with Crippen molar-refractivity contribution >= 4 is 21.7 Å². The summed E-state index contributed by atoms with van der Waals surface area (Å²) in [7, 11) is 2.04. The van der Waals surface area contributed by atoms with Gasteiger partial charge in [0.15, 0.2) is 0 Å². The van der Waals surface area contributed by atoms with Crippen LogP contribution in [-0.4, -0.2) is 23.6 Å². The van der Waals surface area contributed by atoms with Gasteiger partial charge in [-0.15, -0.1) is 0 Å². The highest BCUT2D eigenvalue weighted by atomic mass is 79.9. The van der Waals surface area contributed by atoms with Gasteiger partial charge in [0.25, 0.3) is 0 Å². The molecule has 4 heteroatoms. The van der Waals surface area contributed by atoms with Crippen LogP contribution in [0.3, 0.4) is 0 Å². The molecule has 0 aliphatic rings. The maximum absolute atomic E-state index is 4.35. The van der Waals surface area contributed by atoms with Gasteiger partial charge in [-0.25, -0.2) is 4.98 Å². The largest absolute Gasteiger partial charge is 0.359 e. The maximum atomic E-state index is 4.35. The number of pyridine rings is 2. The molecule has 0 amide bonds. The number of anilines is 1. The van der Waals surface area contributed by atoms with Gasteiger partial charge in [-0.1, -0.05) is 6.07 Å². The Morgan fingerprint density at radius 1 is 1.18 bits per heavy atom. The van der Waals surface area contributed by atoms with E-state index in [2.05, 4.69) is 30.8 Å². The third-order valence-corrected chi connectivity index (χ3v) is 3.00. The molecule has 0 aromatic carbocycles. The zero-order valence-electron chi connectivity index (χ0n) is 9.68. The first-order valence-corrected chi connectivity index (χ1v) is 6.27. The van der Waals surface area contributed by atoms with Gasteiger partial charge >= 0.3 is 0 Å². The summed E-state index contributed by atoms with van der Waals surface area (Å²) in [4.78, 5) is 10.8. The van der Waals surface area contributed by atoms with Crippen molar-refractivity contribution in [2.24, 2.45) is 0 Å². The van der Waals surface area contributed by atoms with Crippen molar-refractivity contribution in [2.75, 3.05) is 18.5 Å². The standard InChI is InChI=1S/C13H14BrN3/c1-17(13-6-5-11(14)10-16-13)9-7-12-4-2-3-8-15-12/h2-6,8,10H,7,9H2,1H3. The molecule has 0 saturated carbocycles. The third-order valence-electron chi connectivity index (χ3n) is 2.53. The highest BCUT2D eigenvalue weighted by Gasteiger charge is 2.02. The molecule has 0 saturated heterocycles. The highest BCUT2D eigenvalue weighted by molar-refractivity contribution is 9.10. The lowest BCUT2D eigenvalue weighted by atomic mass is 10.2. The predicted octanol–water partition coefficient (Wildman–Crippen LogP) is 2.92. The smallest absolute Gasteiger partial charge is 0.128 e. The molecule has 0 spiro atoms. The SMILES string of the molecule is CN(CCc1ccccn1)c1ccc(Br)cn1. The van der Waals surface area contributed by atoms with E-state index in [1.807, 2.05) is 49.8 Å². The van der Waals surface area contributed by atoms with Gasteiger partial charge in [-0.2, -0.15) is 0 Å². The summed E-state index contributed by atoms with van der Waals surface area (Å²) in [5.41, 5.74) is 1.11. The average Bonchev–Trinajstić information content (AvgIpc) is 2.38. The quantitative estimate of drug-likeness (QED) is 0.867. The lowest BCUT2D eigenvalue weighted by Crippen LogP contribution is -2.21. The number of hydrogen-bond donors (Lipinski definition) is 0. The van der Waals surface area contributed by atoms with E-state index in [-0.39, 0.29) is 0 Å². The second-order valence-electron chi connectivity index (χ2n) is 3.83. The number of halogens is 1. The first-order valence-electron chi connectivity index (χ1n) is 5.48. The second-order valence-corrected chi connectivity index (χ2v) is 4.74. The van der Waals surface area contributed by atoms with Crippen molar-refractivity contribution in [1.29, 1.82) is 0 Å². The Labute approximate surface area is 110 Å². The van der Waals surface area contributed by atoms with E-state index in [0.717, 1.165) is 29.0 Å². The normalized spacial score (nSPS) is 10.2. The molecule has 0 aliphatic heterocycles. The fourth-order valence-corrected chi connectivity index (χ4v) is 1.77. The van der Waals surface area contributed by atoms with E-state index in [4.69, 9.17) is 0 Å². The van der Waals surface area contributed by atoms with Gasteiger partial charge < -0.3 is 4.90 Å². The zero-order valence-corrected chi connectivity index (χ0v) is 11.3. The molecule has 0 N–H and O–H groups in total. The summed E-state index contributed by atoms with van der Waals surface area (Å²) in [6.07, 6.45) is 4.56. The van der Waals surface area contributed by atoms with Crippen molar-refractivity contribution < 1.29 is 0 Å². The van der Waals surface area contributed by atoms with Crippen molar-refractivity contribution in [2.45, 2.75) is 6.42 Å².